The molecule has 0 saturated carbocycles. The maximum absolute atomic E-state index is 11.9. The van der Waals surface area contributed by atoms with E-state index in [0.29, 0.717) is 6.61 Å². The monoisotopic (exact) mass is 267 g/mol. The van der Waals surface area contributed by atoms with E-state index in [2.05, 4.69) is 5.32 Å². The summed E-state index contributed by atoms with van der Waals surface area (Å²) >= 11 is 1.73. The molecule has 3 nitrogen and oxygen atoms in total. The van der Waals surface area contributed by atoms with E-state index in [0.717, 1.165) is 23.4 Å². The van der Waals surface area contributed by atoms with Crippen molar-refractivity contribution in [2.75, 3.05) is 23.9 Å². The summed E-state index contributed by atoms with van der Waals surface area (Å²) in [5.41, 5.74) is 2.13. The van der Waals surface area contributed by atoms with Crippen LogP contribution >= 0.6 is 11.8 Å². The first-order valence-electron chi connectivity index (χ1n) is 6.16. The average Bonchev–Trinajstić information content (AvgIpc) is 2.36. The summed E-state index contributed by atoms with van der Waals surface area (Å²) in [5, 5.41) is 3.28. The van der Waals surface area contributed by atoms with Crippen LogP contribution in [0.3, 0.4) is 0 Å². The molecule has 0 radical (unpaired) electrons. The second-order valence-electron chi connectivity index (χ2n) is 4.05. The van der Waals surface area contributed by atoms with Crippen molar-refractivity contribution in [2.24, 2.45) is 0 Å². The average molecular weight is 267 g/mol. The first-order valence-corrected chi connectivity index (χ1v) is 7.56. The molecule has 1 N–H and O–H groups in total. The first-order chi connectivity index (χ1) is 8.69. The number of carbonyl (C=O) groups is 1. The molecule has 4 heteroatoms. The van der Waals surface area contributed by atoms with Crippen LogP contribution in [0.5, 0.6) is 0 Å². The number of carbonyl (C=O) groups excluding carboxylic acids is 1. The zero-order chi connectivity index (χ0) is 13.4. The number of benzene rings is 1. The Labute approximate surface area is 113 Å². The Morgan fingerprint density at radius 2 is 2.17 bits per heavy atom. The van der Waals surface area contributed by atoms with Crippen molar-refractivity contribution in [1.29, 1.82) is 0 Å². The molecule has 1 aromatic carbocycles. The summed E-state index contributed by atoms with van der Waals surface area (Å²) in [5.74, 6) is 0.761. The number of anilines is 1. The van der Waals surface area contributed by atoms with E-state index in [9.17, 15) is 4.79 Å². The van der Waals surface area contributed by atoms with Gasteiger partial charge in [-0.1, -0.05) is 18.2 Å². The lowest BCUT2D eigenvalue weighted by Crippen LogP contribution is -2.32. The van der Waals surface area contributed by atoms with Gasteiger partial charge in [-0.2, -0.15) is 11.8 Å². The predicted molar refractivity (Wildman–Crippen MR) is 78.2 cm³/mol. The Morgan fingerprint density at radius 1 is 1.44 bits per heavy atom. The van der Waals surface area contributed by atoms with Gasteiger partial charge in [0, 0.05) is 5.69 Å². The summed E-state index contributed by atoms with van der Waals surface area (Å²) in [6, 6.07) is 7.70. The van der Waals surface area contributed by atoms with Crippen LogP contribution in [0.2, 0.25) is 0 Å². The summed E-state index contributed by atoms with van der Waals surface area (Å²) in [7, 11) is 0. The van der Waals surface area contributed by atoms with Crippen LogP contribution in [0.1, 0.15) is 18.9 Å². The Hall–Kier alpha value is -1.16. The van der Waals surface area contributed by atoms with Gasteiger partial charge in [0.15, 0.2) is 0 Å². The molecular weight excluding hydrogens is 246 g/mol. The van der Waals surface area contributed by atoms with Crippen molar-refractivity contribution in [2.45, 2.75) is 26.3 Å². The summed E-state index contributed by atoms with van der Waals surface area (Å²) in [6.07, 6.45) is 2.81. The van der Waals surface area contributed by atoms with Crippen molar-refractivity contribution < 1.29 is 9.53 Å². The molecular formula is C14H21NO2S. The van der Waals surface area contributed by atoms with Gasteiger partial charge in [-0.05, 0) is 43.9 Å². The number of nitrogens with one attached hydrogen (secondary N) is 1. The number of esters is 1. The summed E-state index contributed by atoms with van der Waals surface area (Å²) < 4.78 is 5.10. The van der Waals surface area contributed by atoms with E-state index in [1.54, 1.807) is 11.8 Å². The van der Waals surface area contributed by atoms with Crippen LogP contribution in [-0.4, -0.2) is 30.6 Å². The molecule has 0 aliphatic carbocycles. The number of aryl methyl sites for hydroxylation is 1. The van der Waals surface area contributed by atoms with Crippen molar-refractivity contribution >= 4 is 23.4 Å². The Kier molecular flexibility index (Phi) is 6.65. The second-order valence-corrected chi connectivity index (χ2v) is 5.03. The third-order valence-electron chi connectivity index (χ3n) is 2.66. The normalized spacial score (nSPS) is 11.9. The third-order valence-corrected chi connectivity index (χ3v) is 3.30. The molecule has 0 aliphatic rings. The number of hydrogen-bond donors (Lipinski definition) is 1. The maximum atomic E-state index is 11.9. The van der Waals surface area contributed by atoms with E-state index in [4.69, 9.17) is 4.74 Å². The molecule has 1 unspecified atom stereocenters. The van der Waals surface area contributed by atoms with E-state index in [-0.39, 0.29) is 12.0 Å². The van der Waals surface area contributed by atoms with E-state index >= 15 is 0 Å². The Morgan fingerprint density at radius 3 is 2.78 bits per heavy atom. The lowest BCUT2D eigenvalue weighted by atomic mass is 10.1. The topological polar surface area (TPSA) is 38.3 Å². The molecule has 0 bridgehead atoms. The molecule has 0 fully saturated rings. The third kappa shape index (κ3) is 4.61. The predicted octanol–water partition coefficient (Wildman–Crippen LogP) is 3.09. The molecule has 1 atom stereocenters. The summed E-state index contributed by atoms with van der Waals surface area (Å²) in [6.45, 7) is 4.28. The fourth-order valence-corrected chi connectivity index (χ4v) is 2.12. The molecule has 1 rings (SSSR count). The molecule has 0 spiro atoms. The zero-order valence-electron chi connectivity index (χ0n) is 11.2. The molecule has 18 heavy (non-hydrogen) atoms. The molecule has 0 aliphatic heterocycles. The number of ether oxygens (including phenoxy) is 1. The number of thioether (sulfide) groups is 1. The fraction of sp³-hybridized carbons (Fsp3) is 0.500. The lowest BCUT2D eigenvalue weighted by Gasteiger charge is -2.19. The van der Waals surface area contributed by atoms with Crippen LogP contribution in [0, 0.1) is 6.92 Å². The molecule has 0 amide bonds. The van der Waals surface area contributed by atoms with E-state index < -0.39 is 0 Å². The minimum atomic E-state index is -0.265. The molecule has 100 valence electrons. The smallest absolute Gasteiger partial charge is 0.328 e. The molecule has 0 aromatic heterocycles. The van der Waals surface area contributed by atoms with Gasteiger partial charge in [-0.25, -0.2) is 4.79 Å². The highest BCUT2D eigenvalue weighted by Gasteiger charge is 2.19. The highest BCUT2D eigenvalue weighted by Crippen LogP contribution is 2.16. The van der Waals surface area contributed by atoms with Gasteiger partial charge in [0.25, 0.3) is 0 Å². The first kappa shape index (κ1) is 14.9. The highest BCUT2D eigenvalue weighted by atomic mass is 32.2. The molecule has 0 saturated heterocycles. The Bertz CT molecular complexity index is 382. The van der Waals surface area contributed by atoms with E-state index in [1.807, 2.05) is 44.4 Å². The SMILES string of the molecule is CCOC(=O)C(CCSC)Nc1ccccc1C. The van der Waals surface area contributed by atoms with Gasteiger partial charge in [0.2, 0.25) is 0 Å². The standard InChI is InChI=1S/C14H21NO2S/c1-4-17-14(16)13(9-10-18-3)15-12-8-6-5-7-11(12)2/h5-8,13,15H,4,9-10H2,1-3H3. The van der Waals surface area contributed by atoms with Gasteiger partial charge in [-0.15, -0.1) is 0 Å². The zero-order valence-corrected chi connectivity index (χ0v) is 12.0. The molecule has 1 aromatic rings. The largest absolute Gasteiger partial charge is 0.464 e. The number of para-hydroxylation sites is 1. The Balaban J connectivity index is 2.71. The number of rotatable bonds is 7. The van der Waals surface area contributed by atoms with E-state index in [1.165, 1.54) is 0 Å². The van der Waals surface area contributed by atoms with Gasteiger partial charge < -0.3 is 10.1 Å². The minimum Gasteiger partial charge on any atom is -0.464 e. The van der Waals surface area contributed by atoms with Crippen molar-refractivity contribution in [3.63, 3.8) is 0 Å². The van der Waals surface area contributed by atoms with Gasteiger partial charge in [0.1, 0.15) is 6.04 Å². The fourth-order valence-electron chi connectivity index (χ4n) is 1.65. The number of hydrogen-bond acceptors (Lipinski definition) is 4. The van der Waals surface area contributed by atoms with Crippen molar-refractivity contribution in [3.8, 4) is 0 Å². The highest BCUT2D eigenvalue weighted by molar-refractivity contribution is 7.98. The van der Waals surface area contributed by atoms with Crippen LogP contribution in [0.15, 0.2) is 24.3 Å². The maximum Gasteiger partial charge on any atom is 0.328 e. The lowest BCUT2D eigenvalue weighted by molar-refractivity contribution is -0.144. The van der Waals surface area contributed by atoms with Crippen molar-refractivity contribution in [1.82, 2.24) is 0 Å². The molecule has 0 heterocycles. The second kappa shape index (κ2) is 8.03. The van der Waals surface area contributed by atoms with Crippen molar-refractivity contribution in [3.05, 3.63) is 29.8 Å². The summed E-state index contributed by atoms with van der Waals surface area (Å²) in [4.78, 5) is 11.9. The van der Waals surface area contributed by atoms with Crippen LogP contribution in [-0.2, 0) is 9.53 Å². The van der Waals surface area contributed by atoms with Gasteiger partial charge in [-0.3, -0.25) is 0 Å². The minimum absolute atomic E-state index is 0.171. The van der Waals surface area contributed by atoms with Gasteiger partial charge >= 0.3 is 5.97 Å². The van der Waals surface area contributed by atoms with Crippen LogP contribution in [0.25, 0.3) is 0 Å². The van der Waals surface area contributed by atoms with Crippen LogP contribution in [0.4, 0.5) is 5.69 Å². The van der Waals surface area contributed by atoms with Crippen LogP contribution < -0.4 is 5.32 Å². The van der Waals surface area contributed by atoms with Gasteiger partial charge in [0.05, 0.1) is 6.61 Å². The quantitative estimate of drug-likeness (QED) is 0.770.